The normalized spacial score (nSPS) is 10.8. The molecule has 1 aromatic heterocycles. The second-order valence-corrected chi connectivity index (χ2v) is 7.53. The first kappa shape index (κ1) is 19.1. The molecule has 0 atom stereocenters. The number of carbonyl (C=O) groups excluding carboxylic acids is 1. The number of pyridine rings is 1. The number of hydrogen-bond donors (Lipinski definition) is 2. The van der Waals surface area contributed by atoms with Crippen LogP contribution in [0.2, 0.25) is 0 Å². The molecule has 28 heavy (non-hydrogen) atoms. The first-order chi connectivity index (χ1) is 13.3. The fourth-order valence-corrected chi connectivity index (χ4v) is 2.68. The van der Waals surface area contributed by atoms with Crippen LogP contribution in [0, 0.1) is 11.3 Å². The average Bonchev–Trinajstić information content (AvgIpc) is 2.68. The van der Waals surface area contributed by atoms with Gasteiger partial charge in [-0.05, 0) is 53.4 Å². The Balaban J connectivity index is 1.66. The maximum atomic E-state index is 12.4. The van der Waals surface area contributed by atoms with Gasteiger partial charge >= 0.3 is 0 Å². The van der Waals surface area contributed by atoms with Crippen molar-refractivity contribution < 1.29 is 4.79 Å². The molecular formula is C23H22N4O. The van der Waals surface area contributed by atoms with Gasteiger partial charge in [-0.2, -0.15) is 5.26 Å². The molecule has 5 heteroatoms. The zero-order chi connectivity index (χ0) is 20.1. The van der Waals surface area contributed by atoms with E-state index in [2.05, 4.69) is 42.5 Å². The van der Waals surface area contributed by atoms with E-state index < -0.39 is 0 Å². The third-order valence-corrected chi connectivity index (χ3v) is 4.29. The van der Waals surface area contributed by atoms with Crippen molar-refractivity contribution in [3.8, 4) is 6.07 Å². The number of rotatable bonds is 4. The van der Waals surface area contributed by atoms with Crippen LogP contribution in [0.4, 0.5) is 17.1 Å². The second-order valence-electron chi connectivity index (χ2n) is 7.53. The minimum atomic E-state index is -0.262. The number of carbonyl (C=O) groups is 1. The van der Waals surface area contributed by atoms with Gasteiger partial charge in [0.05, 0.1) is 23.5 Å². The molecule has 2 aromatic carbocycles. The third-order valence-electron chi connectivity index (χ3n) is 4.29. The predicted octanol–water partition coefficient (Wildman–Crippen LogP) is 5.25. The molecular weight excluding hydrogens is 348 g/mol. The summed E-state index contributed by atoms with van der Waals surface area (Å²) in [5, 5.41) is 15.0. The molecule has 3 aromatic rings. The zero-order valence-corrected chi connectivity index (χ0v) is 16.2. The topological polar surface area (TPSA) is 77.8 Å². The number of nitrogens with one attached hydrogen (secondary N) is 2. The van der Waals surface area contributed by atoms with Crippen LogP contribution in [0.15, 0.2) is 66.9 Å². The van der Waals surface area contributed by atoms with Crippen LogP contribution in [0.5, 0.6) is 0 Å². The highest BCUT2D eigenvalue weighted by Crippen LogP contribution is 2.23. The summed E-state index contributed by atoms with van der Waals surface area (Å²) in [7, 11) is 0. The first-order valence-corrected chi connectivity index (χ1v) is 9.00. The predicted molar refractivity (Wildman–Crippen MR) is 112 cm³/mol. The van der Waals surface area contributed by atoms with Crippen LogP contribution in [0.1, 0.15) is 42.4 Å². The van der Waals surface area contributed by atoms with E-state index in [0.29, 0.717) is 11.3 Å². The SMILES string of the molecule is CC(C)(C)c1ccc(NC(=O)c2ccc(Nc3cccc(C#N)c3)cn2)cc1. The lowest BCUT2D eigenvalue weighted by Crippen LogP contribution is -2.14. The van der Waals surface area contributed by atoms with Crippen LogP contribution < -0.4 is 10.6 Å². The van der Waals surface area contributed by atoms with Crippen molar-refractivity contribution in [3.05, 3.63) is 83.7 Å². The van der Waals surface area contributed by atoms with Crippen molar-refractivity contribution in [2.24, 2.45) is 0 Å². The molecule has 0 aliphatic carbocycles. The second kappa shape index (κ2) is 7.93. The van der Waals surface area contributed by atoms with E-state index in [9.17, 15) is 4.79 Å². The average molecular weight is 370 g/mol. The van der Waals surface area contributed by atoms with Crippen LogP contribution in [-0.2, 0) is 5.41 Å². The lowest BCUT2D eigenvalue weighted by Gasteiger charge is -2.19. The van der Waals surface area contributed by atoms with E-state index in [-0.39, 0.29) is 11.3 Å². The third kappa shape index (κ3) is 4.74. The molecule has 0 bridgehead atoms. The Labute approximate surface area is 165 Å². The van der Waals surface area contributed by atoms with E-state index >= 15 is 0 Å². The molecule has 0 spiro atoms. The van der Waals surface area contributed by atoms with E-state index in [4.69, 9.17) is 5.26 Å². The standard InChI is InChI=1S/C23H22N4O/c1-23(2,3)17-7-9-18(10-8-17)27-22(28)21-12-11-20(15-25-21)26-19-6-4-5-16(13-19)14-24/h4-13,15,26H,1-3H3,(H,27,28). The van der Waals surface area contributed by atoms with Gasteiger partial charge in [-0.1, -0.05) is 39.0 Å². The van der Waals surface area contributed by atoms with E-state index in [1.807, 2.05) is 30.3 Å². The molecule has 140 valence electrons. The number of amides is 1. The van der Waals surface area contributed by atoms with Crippen molar-refractivity contribution >= 4 is 23.0 Å². The monoisotopic (exact) mass is 370 g/mol. The number of hydrogen-bond acceptors (Lipinski definition) is 4. The fourth-order valence-electron chi connectivity index (χ4n) is 2.68. The highest BCUT2D eigenvalue weighted by Gasteiger charge is 2.14. The summed E-state index contributed by atoms with van der Waals surface area (Å²) in [5.41, 5.74) is 4.44. The Bertz CT molecular complexity index is 1010. The number of nitriles is 1. The number of nitrogens with zero attached hydrogens (tertiary/aromatic N) is 2. The van der Waals surface area contributed by atoms with E-state index in [0.717, 1.165) is 17.1 Å². The van der Waals surface area contributed by atoms with Gasteiger partial charge in [0.1, 0.15) is 5.69 Å². The lowest BCUT2D eigenvalue weighted by atomic mass is 9.87. The number of aromatic nitrogens is 1. The molecule has 1 amide bonds. The summed E-state index contributed by atoms with van der Waals surface area (Å²) < 4.78 is 0. The van der Waals surface area contributed by atoms with Crippen LogP contribution in [-0.4, -0.2) is 10.9 Å². The molecule has 0 fully saturated rings. The van der Waals surface area contributed by atoms with Crippen LogP contribution in [0.25, 0.3) is 0 Å². The fraction of sp³-hybridized carbons (Fsp3) is 0.174. The summed E-state index contributed by atoms with van der Waals surface area (Å²) in [6.07, 6.45) is 1.59. The summed E-state index contributed by atoms with van der Waals surface area (Å²) in [6, 6.07) is 20.5. The first-order valence-electron chi connectivity index (χ1n) is 9.00. The van der Waals surface area contributed by atoms with Crippen molar-refractivity contribution in [2.45, 2.75) is 26.2 Å². The van der Waals surface area contributed by atoms with Gasteiger partial charge in [-0.3, -0.25) is 4.79 Å². The molecule has 1 heterocycles. The molecule has 3 rings (SSSR count). The maximum Gasteiger partial charge on any atom is 0.274 e. The van der Waals surface area contributed by atoms with Crippen molar-refractivity contribution in [2.75, 3.05) is 10.6 Å². The van der Waals surface area contributed by atoms with Crippen molar-refractivity contribution in [1.82, 2.24) is 4.98 Å². The molecule has 5 nitrogen and oxygen atoms in total. The molecule has 0 radical (unpaired) electrons. The zero-order valence-electron chi connectivity index (χ0n) is 16.2. The van der Waals surface area contributed by atoms with Crippen LogP contribution >= 0.6 is 0 Å². The highest BCUT2D eigenvalue weighted by molar-refractivity contribution is 6.03. The van der Waals surface area contributed by atoms with Gasteiger partial charge in [-0.25, -0.2) is 4.98 Å². The summed E-state index contributed by atoms with van der Waals surface area (Å²) in [5.74, 6) is -0.262. The van der Waals surface area contributed by atoms with Gasteiger partial charge in [0, 0.05) is 11.4 Å². The van der Waals surface area contributed by atoms with E-state index in [1.165, 1.54) is 5.56 Å². The lowest BCUT2D eigenvalue weighted by molar-refractivity contribution is 0.102. The molecule has 2 N–H and O–H groups in total. The summed E-state index contributed by atoms with van der Waals surface area (Å²) in [6.45, 7) is 6.45. The van der Waals surface area contributed by atoms with Gasteiger partial charge in [0.15, 0.2) is 0 Å². The number of anilines is 3. The maximum absolute atomic E-state index is 12.4. The van der Waals surface area contributed by atoms with Gasteiger partial charge in [0.25, 0.3) is 5.91 Å². The Morgan fingerprint density at radius 3 is 2.29 bits per heavy atom. The summed E-state index contributed by atoms with van der Waals surface area (Å²) in [4.78, 5) is 16.6. The van der Waals surface area contributed by atoms with Gasteiger partial charge < -0.3 is 10.6 Å². The Morgan fingerprint density at radius 2 is 1.68 bits per heavy atom. The molecule has 0 aliphatic rings. The minimum Gasteiger partial charge on any atom is -0.354 e. The van der Waals surface area contributed by atoms with Gasteiger partial charge in [-0.15, -0.1) is 0 Å². The molecule has 0 saturated carbocycles. The van der Waals surface area contributed by atoms with Gasteiger partial charge in [0.2, 0.25) is 0 Å². The highest BCUT2D eigenvalue weighted by atomic mass is 16.1. The largest absolute Gasteiger partial charge is 0.354 e. The molecule has 0 saturated heterocycles. The molecule has 0 unspecified atom stereocenters. The number of benzene rings is 2. The van der Waals surface area contributed by atoms with Crippen molar-refractivity contribution in [3.63, 3.8) is 0 Å². The molecule has 0 aliphatic heterocycles. The summed E-state index contributed by atoms with van der Waals surface area (Å²) >= 11 is 0. The smallest absolute Gasteiger partial charge is 0.274 e. The Morgan fingerprint density at radius 1 is 0.964 bits per heavy atom. The Kier molecular flexibility index (Phi) is 5.42. The van der Waals surface area contributed by atoms with Crippen LogP contribution in [0.3, 0.4) is 0 Å². The minimum absolute atomic E-state index is 0.0691. The van der Waals surface area contributed by atoms with E-state index in [1.54, 1.807) is 36.5 Å². The quantitative estimate of drug-likeness (QED) is 0.658. The Hall–Kier alpha value is -3.65. The van der Waals surface area contributed by atoms with Crippen molar-refractivity contribution in [1.29, 1.82) is 5.26 Å².